The maximum atomic E-state index is 12.5. The Morgan fingerprint density at radius 1 is 1.00 bits per heavy atom. The van der Waals surface area contributed by atoms with Crippen LogP contribution in [0.25, 0.3) is 0 Å². The van der Waals surface area contributed by atoms with Crippen molar-refractivity contribution in [3.05, 3.63) is 0 Å². The number of likely N-dealkylation sites (tertiary alicyclic amines) is 1. The van der Waals surface area contributed by atoms with Crippen molar-refractivity contribution < 1.29 is 9.59 Å². The van der Waals surface area contributed by atoms with E-state index < -0.39 is 0 Å². The highest BCUT2D eigenvalue weighted by Crippen LogP contribution is 2.26. The molecule has 1 aliphatic carbocycles. The van der Waals surface area contributed by atoms with Gasteiger partial charge in [0.2, 0.25) is 11.8 Å². The largest absolute Gasteiger partial charge is 0.350 e. The Hall–Kier alpha value is -0.810. The maximum Gasteiger partial charge on any atom is 0.237 e. The van der Waals surface area contributed by atoms with Crippen LogP contribution in [0, 0.1) is 5.92 Å². The van der Waals surface area contributed by atoms with Crippen molar-refractivity contribution in [1.29, 1.82) is 0 Å². The molecule has 2 saturated heterocycles. The Labute approximate surface area is 139 Å². The molecule has 0 spiro atoms. The van der Waals surface area contributed by atoms with E-state index in [1.807, 2.05) is 4.90 Å². The van der Waals surface area contributed by atoms with Gasteiger partial charge in [-0.25, -0.2) is 0 Å². The molecule has 3 rings (SSSR count). The molecule has 2 unspecified atom stereocenters. The molecule has 2 atom stereocenters. The van der Waals surface area contributed by atoms with Crippen LogP contribution >= 0.6 is 12.4 Å². The van der Waals surface area contributed by atoms with Crippen molar-refractivity contribution in [3.63, 3.8) is 0 Å². The summed E-state index contributed by atoms with van der Waals surface area (Å²) < 4.78 is 0. The predicted molar refractivity (Wildman–Crippen MR) is 88.0 cm³/mol. The Morgan fingerprint density at radius 2 is 1.77 bits per heavy atom. The quantitative estimate of drug-likeness (QED) is 0.824. The highest BCUT2D eigenvalue weighted by molar-refractivity contribution is 5.85. The van der Waals surface area contributed by atoms with Crippen LogP contribution in [0.4, 0.5) is 0 Å². The first kappa shape index (κ1) is 17.5. The van der Waals surface area contributed by atoms with Gasteiger partial charge in [0.1, 0.15) is 0 Å². The van der Waals surface area contributed by atoms with E-state index in [1.165, 1.54) is 19.3 Å². The van der Waals surface area contributed by atoms with Gasteiger partial charge in [-0.3, -0.25) is 9.59 Å². The minimum Gasteiger partial charge on any atom is -0.350 e. The van der Waals surface area contributed by atoms with Crippen molar-refractivity contribution in [2.24, 2.45) is 5.92 Å². The fraction of sp³-hybridized carbons (Fsp3) is 0.875. The molecule has 2 N–H and O–H groups in total. The van der Waals surface area contributed by atoms with Crippen LogP contribution in [0.15, 0.2) is 0 Å². The van der Waals surface area contributed by atoms with Gasteiger partial charge < -0.3 is 15.5 Å². The van der Waals surface area contributed by atoms with Gasteiger partial charge in [-0.05, 0) is 38.6 Å². The number of nitrogens with one attached hydrogen (secondary N) is 2. The lowest BCUT2D eigenvalue weighted by Crippen LogP contribution is -2.46. The lowest BCUT2D eigenvalue weighted by molar-refractivity contribution is -0.135. The van der Waals surface area contributed by atoms with Crippen LogP contribution in [0.2, 0.25) is 0 Å². The second kappa shape index (κ2) is 8.16. The van der Waals surface area contributed by atoms with Crippen LogP contribution in [-0.4, -0.2) is 48.4 Å². The summed E-state index contributed by atoms with van der Waals surface area (Å²) >= 11 is 0. The molecule has 22 heavy (non-hydrogen) atoms. The summed E-state index contributed by atoms with van der Waals surface area (Å²) in [5, 5.41) is 6.34. The molecule has 5 nitrogen and oxygen atoms in total. The average Bonchev–Trinajstić information content (AvgIpc) is 3.19. The van der Waals surface area contributed by atoms with Gasteiger partial charge in [0.05, 0.1) is 6.04 Å². The third-order valence-corrected chi connectivity index (χ3v) is 5.18. The van der Waals surface area contributed by atoms with Crippen molar-refractivity contribution >= 4 is 24.2 Å². The molecule has 0 aromatic rings. The third-order valence-electron chi connectivity index (χ3n) is 5.18. The van der Waals surface area contributed by atoms with Gasteiger partial charge in [0.25, 0.3) is 0 Å². The number of amides is 2. The standard InChI is InChI=1S/C16H27N3O2.ClH/c20-15(14-7-4-9-17-14)18-13-8-10-19(11-13)16(21)12-5-2-1-3-6-12;/h12-14,17H,1-11H2,(H,18,20);1H. The topological polar surface area (TPSA) is 61.4 Å². The Morgan fingerprint density at radius 3 is 2.45 bits per heavy atom. The highest BCUT2D eigenvalue weighted by Gasteiger charge is 2.33. The first-order chi connectivity index (χ1) is 10.2. The fourth-order valence-corrected chi connectivity index (χ4v) is 3.90. The number of hydrogen-bond donors (Lipinski definition) is 2. The zero-order chi connectivity index (χ0) is 14.7. The first-order valence-corrected chi connectivity index (χ1v) is 8.56. The van der Waals surface area contributed by atoms with Gasteiger partial charge in [-0.15, -0.1) is 12.4 Å². The number of carbonyl (C=O) groups excluding carboxylic acids is 2. The van der Waals surface area contributed by atoms with E-state index in [0.717, 1.165) is 45.2 Å². The van der Waals surface area contributed by atoms with Crippen molar-refractivity contribution in [1.82, 2.24) is 15.5 Å². The van der Waals surface area contributed by atoms with Crippen LogP contribution in [0.1, 0.15) is 51.4 Å². The zero-order valence-corrected chi connectivity index (χ0v) is 14.0. The number of nitrogens with zero attached hydrogens (tertiary/aromatic N) is 1. The molecule has 0 aromatic heterocycles. The number of rotatable bonds is 3. The Kier molecular flexibility index (Phi) is 6.50. The van der Waals surface area contributed by atoms with Crippen LogP contribution in [0.5, 0.6) is 0 Å². The number of carbonyl (C=O) groups is 2. The van der Waals surface area contributed by atoms with Crippen molar-refractivity contribution in [2.75, 3.05) is 19.6 Å². The van der Waals surface area contributed by atoms with Crippen molar-refractivity contribution in [3.8, 4) is 0 Å². The second-order valence-electron chi connectivity index (χ2n) is 6.76. The molecular weight excluding hydrogens is 302 g/mol. The summed E-state index contributed by atoms with van der Waals surface area (Å²) in [6, 6.07) is 0.125. The lowest BCUT2D eigenvalue weighted by atomic mass is 9.88. The summed E-state index contributed by atoms with van der Waals surface area (Å²) in [6.45, 7) is 2.45. The predicted octanol–water partition coefficient (Wildman–Crippen LogP) is 1.46. The van der Waals surface area contributed by atoms with Gasteiger partial charge in [-0.2, -0.15) is 0 Å². The summed E-state index contributed by atoms with van der Waals surface area (Å²) in [5.41, 5.74) is 0. The van der Waals surface area contributed by atoms with E-state index >= 15 is 0 Å². The van der Waals surface area contributed by atoms with E-state index in [0.29, 0.717) is 12.5 Å². The summed E-state index contributed by atoms with van der Waals surface area (Å²) in [6.07, 6.45) is 8.68. The third kappa shape index (κ3) is 4.13. The number of halogens is 1. The molecule has 3 fully saturated rings. The maximum absolute atomic E-state index is 12.5. The van der Waals surface area contributed by atoms with E-state index in [2.05, 4.69) is 10.6 Å². The molecule has 126 valence electrons. The van der Waals surface area contributed by atoms with Gasteiger partial charge >= 0.3 is 0 Å². The summed E-state index contributed by atoms with van der Waals surface area (Å²) in [4.78, 5) is 26.6. The molecule has 1 saturated carbocycles. The van der Waals surface area contributed by atoms with E-state index in [1.54, 1.807) is 0 Å². The number of hydrogen-bond acceptors (Lipinski definition) is 3. The van der Waals surface area contributed by atoms with Crippen LogP contribution < -0.4 is 10.6 Å². The van der Waals surface area contributed by atoms with Gasteiger partial charge in [0, 0.05) is 25.0 Å². The molecule has 0 bridgehead atoms. The molecule has 2 heterocycles. The fourth-order valence-electron chi connectivity index (χ4n) is 3.90. The average molecular weight is 330 g/mol. The Bertz CT molecular complexity index is 393. The normalized spacial score (nSPS) is 29.2. The molecule has 0 radical (unpaired) electrons. The molecule has 6 heteroatoms. The smallest absolute Gasteiger partial charge is 0.237 e. The first-order valence-electron chi connectivity index (χ1n) is 8.56. The molecule has 2 aliphatic heterocycles. The minimum atomic E-state index is -0.0203. The second-order valence-corrected chi connectivity index (χ2v) is 6.76. The Balaban J connectivity index is 0.00000176. The minimum absolute atomic E-state index is 0. The molecular formula is C16H28ClN3O2. The zero-order valence-electron chi connectivity index (χ0n) is 13.2. The van der Waals surface area contributed by atoms with Gasteiger partial charge in [-0.1, -0.05) is 19.3 Å². The molecule has 0 aromatic carbocycles. The van der Waals surface area contributed by atoms with Crippen LogP contribution in [-0.2, 0) is 9.59 Å². The van der Waals surface area contributed by atoms with E-state index in [-0.39, 0.29) is 36.3 Å². The molecule has 3 aliphatic rings. The highest BCUT2D eigenvalue weighted by atomic mass is 35.5. The van der Waals surface area contributed by atoms with Crippen molar-refractivity contribution in [2.45, 2.75) is 63.5 Å². The summed E-state index contributed by atoms with van der Waals surface area (Å²) in [5.74, 6) is 0.680. The summed E-state index contributed by atoms with van der Waals surface area (Å²) in [7, 11) is 0. The molecule has 2 amide bonds. The van der Waals surface area contributed by atoms with E-state index in [9.17, 15) is 9.59 Å². The van der Waals surface area contributed by atoms with Gasteiger partial charge in [0.15, 0.2) is 0 Å². The van der Waals surface area contributed by atoms with E-state index in [4.69, 9.17) is 0 Å². The van der Waals surface area contributed by atoms with Crippen LogP contribution in [0.3, 0.4) is 0 Å². The monoisotopic (exact) mass is 329 g/mol. The lowest BCUT2D eigenvalue weighted by Gasteiger charge is -2.26. The SMILES string of the molecule is Cl.O=C(NC1CCN(C(=O)C2CCCCC2)C1)C1CCCN1.